The van der Waals surface area contributed by atoms with Gasteiger partial charge in [0.2, 0.25) is 0 Å². The Labute approximate surface area is 101 Å². The second-order valence-corrected chi connectivity index (χ2v) is 6.25. The molecule has 88 valence electrons. The van der Waals surface area contributed by atoms with E-state index < -0.39 is 0 Å². The standard InChI is InChI=1S/C13H19NOS/c1-9-7-11-12(16-9)6-4-5-10(13(11)15)8-14(2)3/h7,10H,4-6,8H2,1-3H3. The molecule has 16 heavy (non-hydrogen) atoms. The van der Waals surface area contributed by atoms with Crippen molar-refractivity contribution in [2.24, 2.45) is 5.92 Å². The van der Waals surface area contributed by atoms with E-state index in [1.807, 2.05) is 14.1 Å². The highest BCUT2D eigenvalue weighted by atomic mass is 32.1. The number of rotatable bonds is 2. The van der Waals surface area contributed by atoms with Crippen molar-refractivity contribution < 1.29 is 4.79 Å². The fourth-order valence-corrected chi connectivity index (χ4v) is 3.51. The van der Waals surface area contributed by atoms with Gasteiger partial charge in [-0.05, 0) is 46.3 Å². The zero-order valence-corrected chi connectivity index (χ0v) is 11.1. The first-order chi connectivity index (χ1) is 7.58. The van der Waals surface area contributed by atoms with Gasteiger partial charge in [-0.3, -0.25) is 4.79 Å². The van der Waals surface area contributed by atoms with Crippen LogP contribution >= 0.6 is 11.3 Å². The van der Waals surface area contributed by atoms with Crippen LogP contribution in [0.4, 0.5) is 0 Å². The van der Waals surface area contributed by atoms with E-state index in [9.17, 15) is 4.79 Å². The predicted octanol–water partition coefficient (Wildman–Crippen LogP) is 2.75. The van der Waals surface area contributed by atoms with Crippen molar-refractivity contribution in [1.82, 2.24) is 4.90 Å². The molecule has 1 heterocycles. The second-order valence-electron chi connectivity index (χ2n) is 4.91. The smallest absolute Gasteiger partial charge is 0.168 e. The molecule has 1 atom stereocenters. The van der Waals surface area contributed by atoms with E-state index in [4.69, 9.17) is 0 Å². The molecule has 0 N–H and O–H groups in total. The number of thiophene rings is 1. The zero-order chi connectivity index (χ0) is 11.7. The van der Waals surface area contributed by atoms with Crippen LogP contribution in [0.25, 0.3) is 0 Å². The Balaban J connectivity index is 2.25. The lowest BCUT2D eigenvalue weighted by molar-refractivity contribution is 0.0893. The lowest BCUT2D eigenvalue weighted by atomic mass is 9.96. The number of carbonyl (C=O) groups excluding carboxylic acids is 1. The fourth-order valence-electron chi connectivity index (χ4n) is 2.43. The Morgan fingerprint density at radius 1 is 1.50 bits per heavy atom. The second kappa shape index (κ2) is 4.68. The minimum absolute atomic E-state index is 0.199. The van der Waals surface area contributed by atoms with Crippen LogP contribution in [-0.2, 0) is 6.42 Å². The fraction of sp³-hybridized carbons (Fsp3) is 0.615. The summed E-state index contributed by atoms with van der Waals surface area (Å²) in [6.45, 7) is 2.97. The molecule has 1 aliphatic carbocycles. The number of carbonyl (C=O) groups is 1. The molecule has 2 nitrogen and oxygen atoms in total. The molecule has 0 aliphatic heterocycles. The normalized spacial score (nSPS) is 21.0. The summed E-state index contributed by atoms with van der Waals surface area (Å²) in [7, 11) is 4.08. The maximum atomic E-state index is 12.4. The van der Waals surface area contributed by atoms with Gasteiger partial charge in [-0.15, -0.1) is 11.3 Å². The van der Waals surface area contributed by atoms with E-state index in [-0.39, 0.29) is 5.92 Å². The minimum atomic E-state index is 0.199. The third-order valence-corrected chi connectivity index (χ3v) is 4.22. The molecule has 0 spiro atoms. The van der Waals surface area contributed by atoms with Crippen LogP contribution in [0.3, 0.4) is 0 Å². The van der Waals surface area contributed by atoms with Crippen molar-refractivity contribution >= 4 is 17.1 Å². The van der Waals surface area contributed by atoms with Gasteiger partial charge in [0.25, 0.3) is 0 Å². The molecular weight excluding hydrogens is 218 g/mol. The van der Waals surface area contributed by atoms with Gasteiger partial charge in [0.15, 0.2) is 5.78 Å². The van der Waals surface area contributed by atoms with Crippen molar-refractivity contribution in [2.45, 2.75) is 26.2 Å². The van der Waals surface area contributed by atoms with Crippen LogP contribution in [0, 0.1) is 12.8 Å². The summed E-state index contributed by atoms with van der Waals surface area (Å²) < 4.78 is 0. The van der Waals surface area contributed by atoms with Crippen molar-refractivity contribution in [3.8, 4) is 0 Å². The van der Waals surface area contributed by atoms with Crippen molar-refractivity contribution in [3.63, 3.8) is 0 Å². The van der Waals surface area contributed by atoms with Gasteiger partial charge in [0, 0.05) is 27.8 Å². The summed E-state index contributed by atoms with van der Waals surface area (Å²) in [5, 5.41) is 0. The average molecular weight is 237 g/mol. The van der Waals surface area contributed by atoms with E-state index in [2.05, 4.69) is 17.9 Å². The zero-order valence-electron chi connectivity index (χ0n) is 10.2. The van der Waals surface area contributed by atoms with Crippen molar-refractivity contribution in [2.75, 3.05) is 20.6 Å². The molecule has 3 heteroatoms. The predicted molar refractivity (Wildman–Crippen MR) is 68.4 cm³/mol. The third-order valence-electron chi connectivity index (χ3n) is 3.11. The monoisotopic (exact) mass is 237 g/mol. The number of aryl methyl sites for hydroxylation is 2. The summed E-state index contributed by atoms with van der Waals surface area (Å²) in [5.41, 5.74) is 1.01. The van der Waals surface area contributed by atoms with Gasteiger partial charge < -0.3 is 4.90 Å². The lowest BCUT2D eigenvalue weighted by Crippen LogP contribution is -2.27. The first-order valence-corrected chi connectivity index (χ1v) is 6.68. The van der Waals surface area contributed by atoms with Gasteiger partial charge in [-0.25, -0.2) is 0 Å². The van der Waals surface area contributed by atoms with Gasteiger partial charge >= 0.3 is 0 Å². The van der Waals surface area contributed by atoms with E-state index in [1.54, 1.807) is 11.3 Å². The Morgan fingerprint density at radius 3 is 2.94 bits per heavy atom. The molecule has 0 amide bonds. The topological polar surface area (TPSA) is 20.3 Å². The van der Waals surface area contributed by atoms with Gasteiger partial charge in [-0.1, -0.05) is 0 Å². The van der Waals surface area contributed by atoms with E-state index in [0.29, 0.717) is 5.78 Å². The Morgan fingerprint density at radius 2 is 2.25 bits per heavy atom. The van der Waals surface area contributed by atoms with Crippen LogP contribution in [-0.4, -0.2) is 31.3 Å². The quantitative estimate of drug-likeness (QED) is 0.737. The number of hydrogen-bond acceptors (Lipinski definition) is 3. The molecule has 1 aromatic rings. The molecule has 0 bridgehead atoms. The Hall–Kier alpha value is -0.670. The summed E-state index contributed by atoms with van der Waals surface area (Å²) in [5.74, 6) is 0.566. The molecule has 1 aromatic heterocycles. The molecule has 0 saturated carbocycles. The van der Waals surface area contributed by atoms with Gasteiger partial charge in [-0.2, -0.15) is 0 Å². The largest absolute Gasteiger partial charge is 0.309 e. The van der Waals surface area contributed by atoms with E-state index >= 15 is 0 Å². The molecule has 1 aliphatic rings. The highest BCUT2D eigenvalue weighted by molar-refractivity contribution is 7.12. The molecule has 2 rings (SSSR count). The highest BCUT2D eigenvalue weighted by Gasteiger charge is 2.27. The molecule has 1 unspecified atom stereocenters. The van der Waals surface area contributed by atoms with Crippen LogP contribution < -0.4 is 0 Å². The first kappa shape index (κ1) is 11.8. The number of hydrogen-bond donors (Lipinski definition) is 0. The Kier molecular flexibility index (Phi) is 3.45. The first-order valence-electron chi connectivity index (χ1n) is 5.86. The molecular formula is C13H19NOS. The summed E-state index contributed by atoms with van der Waals surface area (Å²) in [6.07, 6.45) is 3.28. The molecule has 0 radical (unpaired) electrons. The Bertz CT molecular complexity index is 395. The maximum Gasteiger partial charge on any atom is 0.168 e. The van der Waals surface area contributed by atoms with Gasteiger partial charge in [0.1, 0.15) is 0 Å². The highest BCUT2D eigenvalue weighted by Crippen LogP contribution is 2.31. The molecule has 0 saturated heterocycles. The average Bonchev–Trinajstić information content (AvgIpc) is 2.50. The van der Waals surface area contributed by atoms with Crippen LogP contribution in [0.1, 0.15) is 33.0 Å². The van der Waals surface area contributed by atoms with Crippen LogP contribution in [0.2, 0.25) is 0 Å². The molecule has 0 fully saturated rings. The number of Topliss-reactive ketones (excluding diaryl/α,β-unsaturated/α-hetero) is 1. The third kappa shape index (κ3) is 2.36. The van der Waals surface area contributed by atoms with Crippen LogP contribution in [0.5, 0.6) is 0 Å². The van der Waals surface area contributed by atoms with Crippen molar-refractivity contribution in [3.05, 3.63) is 21.4 Å². The van der Waals surface area contributed by atoms with Gasteiger partial charge in [0.05, 0.1) is 0 Å². The van der Waals surface area contributed by atoms with E-state index in [1.165, 1.54) is 9.75 Å². The van der Waals surface area contributed by atoms with Crippen molar-refractivity contribution in [1.29, 1.82) is 0 Å². The van der Waals surface area contributed by atoms with E-state index in [0.717, 1.165) is 31.4 Å². The number of fused-ring (bicyclic) bond motifs is 1. The van der Waals surface area contributed by atoms with Crippen LogP contribution in [0.15, 0.2) is 6.07 Å². The summed E-state index contributed by atoms with van der Waals surface area (Å²) >= 11 is 1.79. The number of nitrogens with zero attached hydrogens (tertiary/aromatic N) is 1. The lowest BCUT2D eigenvalue weighted by Gasteiger charge is -2.17. The summed E-state index contributed by atoms with van der Waals surface area (Å²) in [4.78, 5) is 17.1. The summed E-state index contributed by atoms with van der Waals surface area (Å²) in [6, 6.07) is 2.08. The maximum absolute atomic E-state index is 12.4. The minimum Gasteiger partial charge on any atom is -0.309 e. The number of ketones is 1. The SMILES string of the molecule is Cc1cc2c(s1)CCCC(CN(C)C)C2=O. The molecule has 0 aromatic carbocycles.